The van der Waals surface area contributed by atoms with Gasteiger partial charge in [0.15, 0.2) is 0 Å². The summed E-state index contributed by atoms with van der Waals surface area (Å²) >= 11 is 6.08. The van der Waals surface area contributed by atoms with Gasteiger partial charge in [-0.05, 0) is 18.6 Å². The number of hydrogen-bond donors (Lipinski definition) is 1. The average Bonchev–Trinajstić information content (AvgIpc) is 2.80. The SMILES string of the molecule is CCn1cc(CNCc2ccccc2Cl)cn1. The Hall–Kier alpha value is -1.32. The van der Waals surface area contributed by atoms with E-state index in [1.807, 2.05) is 35.1 Å². The minimum absolute atomic E-state index is 0.775. The molecule has 0 atom stereocenters. The van der Waals surface area contributed by atoms with E-state index in [9.17, 15) is 0 Å². The maximum atomic E-state index is 6.08. The maximum Gasteiger partial charge on any atom is 0.0534 e. The van der Waals surface area contributed by atoms with Crippen LogP contribution in [0.15, 0.2) is 36.7 Å². The van der Waals surface area contributed by atoms with Crippen LogP contribution in [0.4, 0.5) is 0 Å². The lowest BCUT2D eigenvalue weighted by molar-refractivity contribution is 0.655. The molecular weight excluding hydrogens is 234 g/mol. The van der Waals surface area contributed by atoms with Crippen LogP contribution < -0.4 is 5.32 Å². The molecule has 0 saturated heterocycles. The van der Waals surface area contributed by atoms with Crippen LogP contribution >= 0.6 is 11.6 Å². The van der Waals surface area contributed by atoms with E-state index >= 15 is 0 Å². The van der Waals surface area contributed by atoms with E-state index in [-0.39, 0.29) is 0 Å². The molecule has 0 unspecified atom stereocenters. The van der Waals surface area contributed by atoms with Crippen molar-refractivity contribution in [2.75, 3.05) is 0 Å². The van der Waals surface area contributed by atoms with Crippen molar-refractivity contribution in [1.29, 1.82) is 0 Å². The monoisotopic (exact) mass is 249 g/mol. The molecule has 0 fully saturated rings. The van der Waals surface area contributed by atoms with Gasteiger partial charge in [0.05, 0.1) is 6.20 Å². The van der Waals surface area contributed by atoms with Crippen molar-refractivity contribution in [2.24, 2.45) is 0 Å². The lowest BCUT2D eigenvalue weighted by Gasteiger charge is -2.05. The Labute approximate surface area is 106 Å². The van der Waals surface area contributed by atoms with Crippen LogP contribution in [0.5, 0.6) is 0 Å². The molecule has 1 aromatic heterocycles. The first-order valence-corrected chi connectivity index (χ1v) is 6.13. The average molecular weight is 250 g/mol. The lowest BCUT2D eigenvalue weighted by Crippen LogP contribution is -2.12. The summed E-state index contributed by atoms with van der Waals surface area (Å²) in [6.45, 7) is 4.57. The van der Waals surface area contributed by atoms with Gasteiger partial charge >= 0.3 is 0 Å². The number of aromatic nitrogens is 2. The van der Waals surface area contributed by atoms with E-state index in [1.54, 1.807) is 0 Å². The molecule has 0 aliphatic rings. The Morgan fingerprint density at radius 1 is 1.29 bits per heavy atom. The van der Waals surface area contributed by atoms with Gasteiger partial charge < -0.3 is 5.32 Å². The van der Waals surface area contributed by atoms with Crippen molar-refractivity contribution < 1.29 is 0 Å². The largest absolute Gasteiger partial charge is 0.308 e. The Morgan fingerprint density at radius 3 is 2.82 bits per heavy atom. The fourth-order valence-corrected chi connectivity index (χ4v) is 1.86. The molecule has 2 rings (SSSR count). The molecule has 0 spiro atoms. The van der Waals surface area contributed by atoms with Gasteiger partial charge in [-0.2, -0.15) is 5.10 Å². The molecule has 2 aromatic rings. The predicted octanol–water partition coefficient (Wildman–Crippen LogP) is 2.85. The van der Waals surface area contributed by atoms with Gasteiger partial charge in [-0.25, -0.2) is 0 Å². The highest BCUT2D eigenvalue weighted by atomic mass is 35.5. The highest BCUT2D eigenvalue weighted by molar-refractivity contribution is 6.31. The quantitative estimate of drug-likeness (QED) is 0.883. The molecule has 90 valence electrons. The highest BCUT2D eigenvalue weighted by Gasteiger charge is 2.00. The lowest BCUT2D eigenvalue weighted by atomic mass is 10.2. The van der Waals surface area contributed by atoms with E-state index < -0.39 is 0 Å². The summed E-state index contributed by atoms with van der Waals surface area (Å²) in [6, 6.07) is 7.88. The number of rotatable bonds is 5. The van der Waals surface area contributed by atoms with Crippen molar-refractivity contribution in [3.05, 3.63) is 52.8 Å². The van der Waals surface area contributed by atoms with E-state index in [0.717, 1.165) is 30.2 Å². The second-order valence-electron chi connectivity index (χ2n) is 3.90. The topological polar surface area (TPSA) is 29.9 Å². The number of benzene rings is 1. The predicted molar refractivity (Wildman–Crippen MR) is 69.9 cm³/mol. The van der Waals surface area contributed by atoms with E-state index in [2.05, 4.69) is 23.5 Å². The molecule has 1 heterocycles. The summed E-state index contributed by atoms with van der Waals surface area (Å²) < 4.78 is 1.92. The molecule has 0 aliphatic heterocycles. The second-order valence-corrected chi connectivity index (χ2v) is 4.31. The summed E-state index contributed by atoms with van der Waals surface area (Å²) in [5, 5.41) is 8.40. The number of nitrogens with zero attached hydrogens (tertiary/aromatic N) is 2. The summed E-state index contributed by atoms with van der Waals surface area (Å²) in [5.41, 5.74) is 2.32. The summed E-state index contributed by atoms with van der Waals surface area (Å²) in [7, 11) is 0. The zero-order valence-electron chi connectivity index (χ0n) is 9.86. The van der Waals surface area contributed by atoms with Gasteiger partial charge in [-0.1, -0.05) is 29.8 Å². The van der Waals surface area contributed by atoms with Crippen molar-refractivity contribution in [2.45, 2.75) is 26.6 Å². The second kappa shape index (κ2) is 5.84. The standard InChI is InChI=1S/C13H16ClN3/c1-2-17-10-11(8-16-17)7-15-9-12-5-3-4-6-13(12)14/h3-6,8,10,15H,2,7,9H2,1H3. The zero-order chi connectivity index (χ0) is 12.1. The van der Waals surface area contributed by atoms with Crippen molar-refractivity contribution >= 4 is 11.6 Å². The van der Waals surface area contributed by atoms with Crippen LogP contribution in [0.2, 0.25) is 5.02 Å². The normalized spacial score (nSPS) is 10.7. The molecule has 3 nitrogen and oxygen atoms in total. The van der Waals surface area contributed by atoms with Crippen molar-refractivity contribution in [3.8, 4) is 0 Å². The molecule has 17 heavy (non-hydrogen) atoms. The smallest absolute Gasteiger partial charge is 0.0534 e. The van der Waals surface area contributed by atoms with Gasteiger partial charge in [0, 0.05) is 36.4 Å². The third-order valence-electron chi connectivity index (χ3n) is 2.61. The van der Waals surface area contributed by atoms with Gasteiger partial charge in [-0.15, -0.1) is 0 Å². The zero-order valence-corrected chi connectivity index (χ0v) is 10.6. The summed E-state index contributed by atoms with van der Waals surface area (Å²) in [6.07, 6.45) is 3.95. The Balaban J connectivity index is 1.85. The molecule has 0 aliphatic carbocycles. The van der Waals surface area contributed by atoms with Crippen molar-refractivity contribution in [3.63, 3.8) is 0 Å². The Kier molecular flexibility index (Phi) is 4.18. The van der Waals surface area contributed by atoms with Gasteiger partial charge in [-0.3, -0.25) is 4.68 Å². The molecular formula is C13H16ClN3. The van der Waals surface area contributed by atoms with Crippen LogP contribution in [-0.4, -0.2) is 9.78 Å². The Morgan fingerprint density at radius 2 is 2.12 bits per heavy atom. The number of nitrogens with one attached hydrogen (secondary N) is 1. The van der Waals surface area contributed by atoms with Crippen LogP contribution in [-0.2, 0) is 19.6 Å². The first-order chi connectivity index (χ1) is 8.29. The molecule has 0 radical (unpaired) electrons. The van der Waals surface area contributed by atoms with E-state index in [1.165, 1.54) is 5.56 Å². The molecule has 4 heteroatoms. The van der Waals surface area contributed by atoms with Gasteiger partial charge in [0.25, 0.3) is 0 Å². The Bertz CT molecular complexity index is 479. The van der Waals surface area contributed by atoms with Crippen LogP contribution in [0.3, 0.4) is 0 Å². The van der Waals surface area contributed by atoms with E-state index in [0.29, 0.717) is 0 Å². The third kappa shape index (κ3) is 3.32. The van der Waals surface area contributed by atoms with Gasteiger partial charge in [0.2, 0.25) is 0 Å². The number of hydrogen-bond acceptors (Lipinski definition) is 2. The minimum Gasteiger partial charge on any atom is -0.308 e. The molecule has 1 aromatic carbocycles. The van der Waals surface area contributed by atoms with Crippen LogP contribution in [0.1, 0.15) is 18.1 Å². The number of aryl methyl sites for hydroxylation is 1. The third-order valence-corrected chi connectivity index (χ3v) is 2.98. The fraction of sp³-hybridized carbons (Fsp3) is 0.308. The molecule has 1 N–H and O–H groups in total. The fourth-order valence-electron chi connectivity index (χ4n) is 1.65. The molecule has 0 bridgehead atoms. The summed E-state index contributed by atoms with van der Waals surface area (Å²) in [4.78, 5) is 0. The minimum atomic E-state index is 0.775. The van der Waals surface area contributed by atoms with Crippen LogP contribution in [0.25, 0.3) is 0 Å². The summed E-state index contributed by atoms with van der Waals surface area (Å²) in [5.74, 6) is 0. The molecule has 0 amide bonds. The number of halogens is 1. The highest BCUT2D eigenvalue weighted by Crippen LogP contribution is 2.14. The van der Waals surface area contributed by atoms with Crippen LogP contribution in [0, 0.1) is 0 Å². The van der Waals surface area contributed by atoms with Gasteiger partial charge in [0.1, 0.15) is 0 Å². The maximum absolute atomic E-state index is 6.08. The first kappa shape index (κ1) is 12.1. The first-order valence-electron chi connectivity index (χ1n) is 5.75. The van der Waals surface area contributed by atoms with Crippen molar-refractivity contribution in [1.82, 2.24) is 15.1 Å². The van der Waals surface area contributed by atoms with E-state index in [4.69, 9.17) is 11.6 Å². The molecule has 0 saturated carbocycles.